The van der Waals surface area contributed by atoms with Gasteiger partial charge in [-0.05, 0) is 25.7 Å². The summed E-state index contributed by atoms with van der Waals surface area (Å²) in [5.41, 5.74) is 1.33. The molecule has 1 heteroatoms. The fourth-order valence-corrected chi connectivity index (χ4v) is 1.56. The van der Waals surface area contributed by atoms with Crippen LogP contribution in [0, 0.1) is 11.3 Å². The van der Waals surface area contributed by atoms with Gasteiger partial charge in [-0.15, -0.1) is 0 Å². The molecular weight excluding hydrogens is 136 g/mol. The maximum atomic E-state index is 10.8. The summed E-state index contributed by atoms with van der Waals surface area (Å²) >= 11 is 0. The first kappa shape index (κ1) is 8.51. The topological polar surface area (TPSA) is 17.1 Å². The molecule has 0 heterocycles. The highest BCUT2D eigenvalue weighted by Gasteiger charge is 2.31. The quantitative estimate of drug-likeness (QED) is 0.417. The first-order valence-electron chi connectivity index (χ1n) is 4.22. The first-order valence-corrected chi connectivity index (χ1v) is 4.22. The molecule has 62 valence electrons. The summed E-state index contributed by atoms with van der Waals surface area (Å²) in [4.78, 5) is 10.8. The predicted octanol–water partition coefficient (Wildman–Crippen LogP) is 2.57. The number of carbonyl (C=O) groups is 1. The lowest BCUT2D eigenvalue weighted by Gasteiger charge is -2.32. The molecule has 11 heavy (non-hydrogen) atoms. The first-order chi connectivity index (χ1) is 5.08. The Morgan fingerprint density at radius 1 is 1.73 bits per heavy atom. The molecule has 0 N–H and O–H groups in total. The maximum Gasteiger partial charge on any atom is 0.126 e. The second kappa shape index (κ2) is 2.80. The molecule has 1 aliphatic carbocycles. The number of aldehydes is 1. The number of hydrogen-bond acceptors (Lipinski definition) is 1. The Labute approximate surface area is 68.5 Å². The van der Waals surface area contributed by atoms with Crippen molar-refractivity contribution in [3.63, 3.8) is 0 Å². The molecule has 0 spiro atoms. The number of carbonyl (C=O) groups excluding carboxylic acids is 1. The van der Waals surface area contributed by atoms with Crippen molar-refractivity contribution in [1.29, 1.82) is 0 Å². The van der Waals surface area contributed by atoms with Gasteiger partial charge in [0.05, 0.1) is 0 Å². The molecule has 1 rings (SSSR count). The molecule has 0 radical (unpaired) electrons. The normalized spacial score (nSPS) is 38.1. The van der Waals surface area contributed by atoms with E-state index in [2.05, 4.69) is 19.9 Å². The van der Waals surface area contributed by atoms with Crippen LogP contribution in [0.2, 0.25) is 0 Å². The molecule has 0 aromatic carbocycles. The lowest BCUT2D eigenvalue weighted by Crippen LogP contribution is -2.28. The van der Waals surface area contributed by atoms with Crippen LogP contribution in [0.25, 0.3) is 0 Å². The second-order valence-electron chi connectivity index (χ2n) is 3.93. The minimum atomic E-state index is -0.0977. The Hall–Kier alpha value is -0.590. The Bertz CT molecular complexity index is 193. The van der Waals surface area contributed by atoms with E-state index in [1.54, 1.807) is 0 Å². The van der Waals surface area contributed by atoms with Gasteiger partial charge in [0.1, 0.15) is 6.29 Å². The van der Waals surface area contributed by atoms with Gasteiger partial charge >= 0.3 is 0 Å². The second-order valence-corrected chi connectivity index (χ2v) is 3.93. The van der Waals surface area contributed by atoms with Crippen molar-refractivity contribution in [2.45, 2.75) is 33.6 Å². The zero-order valence-electron chi connectivity index (χ0n) is 7.55. The van der Waals surface area contributed by atoms with E-state index in [1.807, 2.05) is 6.92 Å². The summed E-state index contributed by atoms with van der Waals surface area (Å²) in [7, 11) is 0. The lowest BCUT2D eigenvalue weighted by atomic mass is 9.71. The van der Waals surface area contributed by atoms with Gasteiger partial charge in [0, 0.05) is 5.41 Å². The summed E-state index contributed by atoms with van der Waals surface area (Å²) in [5.74, 6) is 0.411. The molecule has 1 aliphatic rings. The highest BCUT2D eigenvalue weighted by atomic mass is 16.1. The van der Waals surface area contributed by atoms with E-state index < -0.39 is 0 Å². The van der Waals surface area contributed by atoms with Crippen LogP contribution >= 0.6 is 0 Å². The van der Waals surface area contributed by atoms with Crippen LogP contribution in [0.3, 0.4) is 0 Å². The zero-order valence-corrected chi connectivity index (χ0v) is 7.55. The van der Waals surface area contributed by atoms with Crippen molar-refractivity contribution in [2.24, 2.45) is 11.3 Å². The molecule has 0 aliphatic heterocycles. The minimum Gasteiger partial charge on any atom is -0.303 e. The monoisotopic (exact) mass is 152 g/mol. The van der Waals surface area contributed by atoms with Crippen molar-refractivity contribution in [1.82, 2.24) is 0 Å². The third kappa shape index (κ3) is 1.52. The predicted molar refractivity (Wildman–Crippen MR) is 46.3 cm³/mol. The van der Waals surface area contributed by atoms with Crippen molar-refractivity contribution < 1.29 is 4.79 Å². The molecule has 0 amide bonds. The van der Waals surface area contributed by atoms with Gasteiger partial charge in [0.2, 0.25) is 0 Å². The van der Waals surface area contributed by atoms with Gasteiger partial charge in [-0.2, -0.15) is 0 Å². The average Bonchev–Trinajstić information content (AvgIpc) is 1.98. The largest absolute Gasteiger partial charge is 0.303 e. The highest BCUT2D eigenvalue weighted by Crippen LogP contribution is 2.37. The molecule has 0 fully saturated rings. The van der Waals surface area contributed by atoms with Crippen LogP contribution in [0.4, 0.5) is 0 Å². The van der Waals surface area contributed by atoms with Crippen LogP contribution in [0.15, 0.2) is 11.6 Å². The summed E-state index contributed by atoms with van der Waals surface area (Å²) in [6.07, 6.45) is 5.43. The number of allylic oxidation sites excluding steroid dienone is 2. The third-order valence-electron chi connectivity index (χ3n) is 2.90. The molecule has 0 aromatic rings. The van der Waals surface area contributed by atoms with E-state index in [9.17, 15) is 4.79 Å². The molecule has 0 aromatic heterocycles. The van der Waals surface area contributed by atoms with Crippen molar-refractivity contribution in [2.75, 3.05) is 0 Å². The molecule has 2 atom stereocenters. The van der Waals surface area contributed by atoms with Crippen LogP contribution < -0.4 is 0 Å². The Morgan fingerprint density at radius 2 is 2.36 bits per heavy atom. The van der Waals surface area contributed by atoms with Gasteiger partial charge in [-0.3, -0.25) is 0 Å². The molecule has 0 unspecified atom stereocenters. The molecule has 0 saturated carbocycles. The van der Waals surface area contributed by atoms with Gasteiger partial charge in [-0.1, -0.05) is 25.5 Å². The summed E-state index contributed by atoms with van der Waals surface area (Å²) in [6.45, 7) is 6.31. The van der Waals surface area contributed by atoms with Crippen molar-refractivity contribution in [3.8, 4) is 0 Å². The summed E-state index contributed by atoms with van der Waals surface area (Å²) in [6, 6.07) is 0. The van der Waals surface area contributed by atoms with E-state index >= 15 is 0 Å². The van der Waals surface area contributed by atoms with Crippen LogP contribution in [-0.4, -0.2) is 6.29 Å². The highest BCUT2D eigenvalue weighted by molar-refractivity contribution is 5.60. The van der Waals surface area contributed by atoms with Gasteiger partial charge in [0.15, 0.2) is 0 Å². The SMILES string of the molecule is CC1=C[C@H](C)[C@](C)(C=O)CC1. The van der Waals surface area contributed by atoms with E-state index in [-0.39, 0.29) is 5.41 Å². The van der Waals surface area contributed by atoms with Crippen LogP contribution in [-0.2, 0) is 4.79 Å². The third-order valence-corrected chi connectivity index (χ3v) is 2.90. The van der Waals surface area contributed by atoms with Crippen molar-refractivity contribution in [3.05, 3.63) is 11.6 Å². The minimum absolute atomic E-state index is 0.0977. The Morgan fingerprint density at radius 3 is 2.82 bits per heavy atom. The smallest absolute Gasteiger partial charge is 0.126 e. The lowest BCUT2D eigenvalue weighted by molar-refractivity contribution is -0.117. The van der Waals surface area contributed by atoms with Gasteiger partial charge < -0.3 is 4.79 Å². The molecule has 1 nitrogen and oxygen atoms in total. The fourth-order valence-electron chi connectivity index (χ4n) is 1.56. The standard InChI is InChI=1S/C10H16O/c1-8-4-5-10(3,7-11)9(2)6-8/h6-7,9H,4-5H2,1-3H3/t9-,10-/m0/s1. The molecular formula is C10H16O. The number of hydrogen-bond donors (Lipinski definition) is 0. The van der Waals surface area contributed by atoms with E-state index in [0.29, 0.717) is 5.92 Å². The van der Waals surface area contributed by atoms with Crippen molar-refractivity contribution >= 4 is 6.29 Å². The van der Waals surface area contributed by atoms with Gasteiger partial charge in [0.25, 0.3) is 0 Å². The summed E-state index contributed by atoms with van der Waals surface area (Å²) < 4.78 is 0. The van der Waals surface area contributed by atoms with E-state index in [1.165, 1.54) is 5.57 Å². The Kier molecular flexibility index (Phi) is 2.17. The number of rotatable bonds is 1. The Balaban J connectivity index is 2.82. The van der Waals surface area contributed by atoms with Crippen LogP contribution in [0.1, 0.15) is 33.6 Å². The zero-order chi connectivity index (χ0) is 8.48. The van der Waals surface area contributed by atoms with E-state index in [4.69, 9.17) is 0 Å². The van der Waals surface area contributed by atoms with E-state index in [0.717, 1.165) is 19.1 Å². The van der Waals surface area contributed by atoms with Gasteiger partial charge in [-0.25, -0.2) is 0 Å². The van der Waals surface area contributed by atoms with Crippen LogP contribution in [0.5, 0.6) is 0 Å². The molecule has 0 bridgehead atoms. The maximum absolute atomic E-state index is 10.8. The fraction of sp³-hybridized carbons (Fsp3) is 0.700. The summed E-state index contributed by atoms with van der Waals surface area (Å²) in [5, 5.41) is 0. The average molecular weight is 152 g/mol. The molecule has 0 saturated heterocycles.